The van der Waals surface area contributed by atoms with Gasteiger partial charge in [-0.05, 0) is 12.1 Å². The van der Waals surface area contributed by atoms with Gasteiger partial charge in [-0.25, -0.2) is 4.98 Å². The fraction of sp³-hybridized carbons (Fsp3) is 0.211. The van der Waals surface area contributed by atoms with Crippen LogP contribution in [0.1, 0.15) is 5.82 Å². The van der Waals surface area contributed by atoms with Crippen molar-refractivity contribution in [2.75, 3.05) is 23.5 Å². The molecule has 1 aromatic carbocycles. The molecule has 0 bridgehead atoms. The SMILES string of the molecule is C=CCn1c(CC(=O)Nc2ccccc2OC)nnc1SCC(=O)Nc1nccs1. The summed E-state index contributed by atoms with van der Waals surface area (Å²) in [7, 11) is 1.54. The molecule has 30 heavy (non-hydrogen) atoms. The van der Waals surface area contributed by atoms with Crippen molar-refractivity contribution in [3.63, 3.8) is 0 Å². The van der Waals surface area contributed by atoms with Crippen molar-refractivity contribution in [1.82, 2.24) is 19.7 Å². The highest BCUT2D eigenvalue weighted by Crippen LogP contribution is 2.23. The van der Waals surface area contributed by atoms with Crippen molar-refractivity contribution in [1.29, 1.82) is 0 Å². The molecule has 2 aromatic heterocycles. The van der Waals surface area contributed by atoms with Gasteiger partial charge in [-0.2, -0.15) is 0 Å². The standard InChI is InChI=1S/C19H20N6O3S2/c1-3-9-25-15(11-16(26)21-13-6-4-5-7-14(13)28-2)23-24-19(25)30-12-17(27)22-18-20-8-10-29-18/h3-8,10H,1,9,11-12H2,2H3,(H,21,26)(H,20,22,27). The van der Waals surface area contributed by atoms with Crippen LogP contribution in [0.4, 0.5) is 10.8 Å². The van der Waals surface area contributed by atoms with E-state index in [-0.39, 0.29) is 24.0 Å². The number of thiazole rings is 1. The van der Waals surface area contributed by atoms with Crippen molar-refractivity contribution in [3.8, 4) is 5.75 Å². The number of allylic oxidation sites excluding steroid dienone is 1. The maximum atomic E-state index is 12.5. The summed E-state index contributed by atoms with van der Waals surface area (Å²) >= 11 is 2.58. The number of carbonyl (C=O) groups is 2. The smallest absolute Gasteiger partial charge is 0.236 e. The number of ether oxygens (including phenoxy) is 1. The van der Waals surface area contributed by atoms with Crippen LogP contribution < -0.4 is 15.4 Å². The number of benzene rings is 1. The van der Waals surface area contributed by atoms with E-state index in [1.165, 1.54) is 23.1 Å². The van der Waals surface area contributed by atoms with Crippen LogP contribution in [0.3, 0.4) is 0 Å². The number of carbonyl (C=O) groups excluding carboxylic acids is 2. The molecular weight excluding hydrogens is 424 g/mol. The van der Waals surface area contributed by atoms with E-state index >= 15 is 0 Å². The summed E-state index contributed by atoms with van der Waals surface area (Å²) in [6.07, 6.45) is 3.33. The third-order valence-corrected chi connectivity index (χ3v) is 5.47. The largest absolute Gasteiger partial charge is 0.495 e. The molecule has 2 amide bonds. The number of hydrogen-bond acceptors (Lipinski definition) is 8. The summed E-state index contributed by atoms with van der Waals surface area (Å²) in [5.74, 6) is 0.738. The lowest BCUT2D eigenvalue weighted by atomic mass is 10.2. The van der Waals surface area contributed by atoms with Gasteiger partial charge in [-0.15, -0.1) is 28.1 Å². The first-order valence-corrected chi connectivity index (χ1v) is 10.7. The van der Waals surface area contributed by atoms with Crippen LogP contribution in [0.15, 0.2) is 53.7 Å². The molecule has 0 saturated carbocycles. The number of methoxy groups -OCH3 is 1. The zero-order valence-corrected chi connectivity index (χ0v) is 17.8. The minimum Gasteiger partial charge on any atom is -0.495 e. The lowest BCUT2D eigenvalue weighted by molar-refractivity contribution is -0.116. The predicted octanol–water partition coefficient (Wildman–Crippen LogP) is 2.84. The quantitative estimate of drug-likeness (QED) is 0.365. The lowest BCUT2D eigenvalue weighted by Gasteiger charge is -2.10. The monoisotopic (exact) mass is 444 g/mol. The van der Waals surface area contributed by atoms with E-state index in [0.717, 1.165) is 0 Å². The summed E-state index contributed by atoms with van der Waals surface area (Å²) in [6.45, 7) is 4.16. The number of anilines is 2. The van der Waals surface area contributed by atoms with Crippen molar-refractivity contribution in [2.24, 2.45) is 0 Å². The Morgan fingerprint density at radius 1 is 1.27 bits per heavy atom. The molecule has 0 radical (unpaired) electrons. The van der Waals surface area contributed by atoms with Gasteiger partial charge in [-0.3, -0.25) is 9.59 Å². The maximum Gasteiger partial charge on any atom is 0.236 e. The molecule has 0 aliphatic heterocycles. The molecule has 11 heteroatoms. The Kier molecular flexibility index (Phi) is 7.57. The minimum absolute atomic E-state index is 0.0186. The molecule has 9 nitrogen and oxygen atoms in total. The Morgan fingerprint density at radius 3 is 2.83 bits per heavy atom. The van der Waals surface area contributed by atoms with Gasteiger partial charge < -0.3 is 19.9 Å². The molecule has 0 aliphatic carbocycles. The first-order valence-electron chi connectivity index (χ1n) is 8.88. The van der Waals surface area contributed by atoms with Crippen LogP contribution in [-0.4, -0.2) is 44.4 Å². The number of thioether (sulfide) groups is 1. The van der Waals surface area contributed by atoms with Crippen LogP contribution in [-0.2, 0) is 22.6 Å². The fourth-order valence-electron chi connectivity index (χ4n) is 2.53. The summed E-state index contributed by atoms with van der Waals surface area (Å²) in [4.78, 5) is 28.6. The zero-order valence-electron chi connectivity index (χ0n) is 16.2. The van der Waals surface area contributed by atoms with Gasteiger partial charge in [0.15, 0.2) is 10.3 Å². The summed E-state index contributed by atoms with van der Waals surface area (Å²) in [5.41, 5.74) is 0.577. The molecule has 0 atom stereocenters. The van der Waals surface area contributed by atoms with Gasteiger partial charge >= 0.3 is 0 Å². The Hall–Kier alpha value is -3.18. The van der Waals surface area contributed by atoms with Crippen LogP contribution in [0.5, 0.6) is 5.75 Å². The van der Waals surface area contributed by atoms with E-state index in [2.05, 4.69) is 32.4 Å². The Bertz CT molecular complexity index is 1020. The number of nitrogens with one attached hydrogen (secondary N) is 2. The van der Waals surface area contributed by atoms with Gasteiger partial charge in [0.05, 0.1) is 25.0 Å². The van der Waals surface area contributed by atoms with Gasteiger partial charge in [0.25, 0.3) is 0 Å². The fourth-order valence-corrected chi connectivity index (χ4v) is 3.84. The molecule has 3 aromatic rings. The summed E-state index contributed by atoms with van der Waals surface area (Å²) in [6, 6.07) is 7.15. The zero-order chi connectivity index (χ0) is 21.3. The van der Waals surface area contributed by atoms with Crippen LogP contribution in [0.2, 0.25) is 0 Å². The van der Waals surface area contributed by atoms with E-state index in [1.807, 2.05) is 12.1 Å². The van der Waals surface area contributed by atoms with E-state index < -0.39 is 0 Å². The molecular formula is C19H20N6O3S2. The average molecular weight is 445 g/mol. The van der Waals surface area contributed by atoms with Crippen molar-refractivity contribution >= 4 is 45.7 Å². The Morgan fingerprint density at radius 2 is 2.10 bits per heavy atom. The van der Waals surface area contributed by atoms with Gasteiger partial charge in [0, 0.05) is 18.1 Å². The van der Waals surface area contributed by atoms with E-state index in [4.69, 9.17) is 4.74 Å². The maximum absolute atomic E-state index is 12.5. The molecule has 0 aliphatic rings. The molecule has 2 N–H and O–H groups in total. The molecule has 0 fully saturated rings. The first-order chi connectivity index (χ1) is 14.6. The predicted molar refractivity (Wildman–Crippen MR) is 117 cm³/mol. The van der Waals surface area contributed by atoms with Gasteiger partial charge in [-0.1, -0.05) is 30.0 Å². The molecule has 2 heterocycles. The van der Waals surface area contributed by atoms with Gasteiger partial charge in [0.1, 0.15) is 11.6 Å². The van der Waals surface area contributed by atoms with Crippen LogP contribution >= 0.6 is 23.1 Å². The molecule has 3 rings (SSSR count). The Labute approximate surface area is 181 Å². The number of para-hydroxylation sites is 2. The lowest BCUT2D eigenvalue weighted by Crippen LogP contribution is -2.18. The van der Waals surface area contributed by atoms with Crippen LogP contribution in [0, 0.1) is 0 Å². The van der Waals surface area contributed by atoms with E-state index in [0.29, 0.717) is 34.1 Å². The number of rotatable bonds is 10. The van der Waals surface area contributed by atoms with E-state index in [1.54, 1.807) is 41.5 Å². The highest BCUT2D eigenvalue weighted by Gasteiger charge is 2.17. The summed E-state index contributed by atoms with van der Waals surface area (Å²) < 4.78 is 7.01. The Balaban J connectivity index is 1.63. The second-order valence-electron chi connectivity index (χ2n) is 5.90. The highest BCUT2D eigenvalue weighted by atomic mass is 32.2. The average Bonchev–Trinajstić information content (AvgIpc) is 3.37. The molecule has 0 unspecified atom stereocenters. The molecule has 0 spiro atoms. The minimum atomic E-state index is -0.254. The number of nitrogens with zero attached hydrogens (tertiary/aromatic N) is 4. The third-order valence-electron chi connectivity index (χ3n) is 3.82. The third kappa shape index (κ3) is 5.67. The number of amides is 2. The van der Waals surface area contributed by atoms with Crippen LogP contribution in [0.25, 0.3) is 0 Å². The molecule has 0 saturated heterocycles. The second-order valence-corrected chi connectivity index (χ2v) is 7.73. The van der Waals surface area contributed by atoms with Crippen molar-refractivity contribution in [2.45, 2.75) is 18.1 Å². The van der Waals surface area contributed by atoms with Crippen molar-refractivity contribution in [3.05, 3.63) is 54.3 Å². The number of hydrogen-bond donors (Lipinski definition) is 2. The summed E-state index contributed by atoms with van der Waals surface area (Å²) in [5, 5.41) is 16.6. The number of aromatic nitrogens is 4. The van der Waals surface area contributed by atoms with Gasteiger partial charge in [0.2, 0.25) is 11.8 Å². The highest BCUT2D eigenvalue weighted by molar-refractivity contribution is 7.99. The second kappa shape index (κ2) is 10.6. The first kappa shape index (κ1) is 21.5. The molecule has 156 valence electrons. The normalized spacial score (nSPS) is 10.4. The van der Waals surface area contributed by atoms with Crippen molar-refractivity contribution < 1.29 is 14.3 Å². The van der Waals surface area contributed by atoms with E-state index in [9.17, 15) is 9.59 Å². The topological polar surface area (TPSA) is 111 Å².